The lowest BCUT2D eigenvalue weighted by atomic mass is 10.0. The van der Waals surface area contributed by atoms with Crippen LogP contribution in [0.2, 0.25) is 0 Å². The largest absolute Gasteiger partial charge is 0.162 e. The monoisotopic (exact) mass is 271 g/mol. The first-order chi connectivity index (χ1) is 9.40. The van der Waals surface area contributed by atoms with Gasteiger partial charge in [-0.25, -0.2) is 0 Å². The average Bonchev–Trinajstić information content (AvgIpc) is 2.98. The van der Waals surface area contributed by atoms with Crippen LogP contribution in [0.25, 0.3) is 10.8 Å². The molecule has 0 amide bonds. The molecule has 1 saturated heterocycles. The Morgan fingerprint density at radius 1 is 0.947 bits per heavy atom. The second kappa shape index (κ2) is 6.00. The third-order valence-electron chi connectivity index (χ3n) is 4.12. The molecule has 0 spiro atoms. The molecule has 0 nitrogen and oxygen atoms in total. The van der Waals surface area contributed by atoms with Gasteiger partial charge < -0.3 is 0 Å². The summed E-state index contributed by atoms with van der Waals surface area (Å²) < 4.78 is 0. The highest BCUT2D eigenvalue weighted by Gasteiger charge is 2.28. The molecular weight excluding hydrogens is 248 g/mol. The Balaban J connectivity index is 2.05. The zero-order valence-corrected chi connectivity index (χ0v) is 12.6. The van der Waals surface area contributed by atoms with Crippen molar-refractivity contribution in [2.75, 3.05) is 11.5 Å². The molecule has 0 bridgehead atoms. The van der Waals surface area contributed by atoms with E-state index in [-0.39, 0.29) is 0 Å². The van der Waals surface area contributed by atoms with Crippen LogP contribution in [0, 0.1) is 0 Å². The molecule has 1 heteroatoms. The third kappa shape index (κ3) is 2.67. The molecule has 0 radical (unpaired) electrons. The first-order valence-electron chi connectivity index (χ1n) is 7.58. The van der Waals surface area contributed by atoms with Crippen LogP contribution in [-0.2, 0) is 17.3 Å². The summed E-state index contributed by atoms with van der Waals surface area (Å²) >= 11 is 0. The minimum absolute atomic E-state index is 0.521. The zero-order valence-electron chi connectivity index (χ0n) is 11.8. The van der Waals surface area contributed by atoms with E-state index in [1.165, 1.54) is 54.4 Å². The van der Waals surface area contributed by atoms with Crippen molar-refractivity contribution >= 4 is 21.7 Å². The van der Waals surface area contributed by atoms with Gasteiger partial charge in [-0.3, -0.25) is 0 Å². The van der Waals surface area contributed by atoms with Gasteiger partial charge in [0, 0.05) is 16.3 Å². The predicted molar refractivity (Wildman–Crippen MR) is 87.2 cm³/mol. The van der Waals surface area contributed by atoms with Gasteiger partial charge >= 0.3 is 0 Å². The van der Waals surface area contributed by atoms with Gasteiger partial charge in [0.25, 0.3) is 0 Å². The van der Waals surface area contributed by atoms with Crippen molar-refractivity contribution in [1.29, 1.82) is 0 Å². The molecule has 2 aromatic carbocycles. The molecule has 1 heterocycles. The van der Waals surface area contributed by atoms with E-state index >= 15 is 0 Å². The molecule has 3 rings (SSSR count). The average molecular weight is 271 g/mol. The maximum Gasteiger partial charge on any atom is 0.162 e. The Morgan fingerprint density at radius 3 is 2.42 bits per heavy atom. The van der Waals surface area contributed by atoms with Crippen molar-refractivity contribution in [2.45, 2.75) is 43.9 Å². The molecule has 1 aliphatic heterocycles. The van der Waals surface area contributed by atoms with E-state index in [0.29, 0.717) is 10.9 Å². The van der Waals surface area contributed by atoms with Crippen LogP contribution in [0.4, 0.5) is 0 Å². The molecular formula is C18H23S+. The van der Waals surface area contributed by atoms with Gasteiger partial charge in [0.05, 0.1) is 0 Å². The SMILES string of the molecule is CCCCc1ccc([S+]2CCCC2)c2ccccc12. The van der Waals surface area contributed by atoms with E-state index in [2.05, 4.69) is 43.3 Å². The summed E-state index contributed by atoms with van der Waals surface area (Å²) in [6.07, 6.45) is 6.66. The lowest BCUT2D eigenvalue weighted by Crippen LogP contribution is -2.05. The molecule has 0 aliphatic carbocycles. The minimum atomic E-state index is 0.521. The zero-order chi connectivity index (χ0) is 13.1. The van der Waals surface area contributed by atoms with Crippen LogP contribution in [0.1, 0.15) is 38.2 Å². The fraction of sp³-hybridized carbons (Fsp3) is 0.444. The highest BCUT2D eigenvalue weighted by molar-refractivity contribution is 7.97. The highest BCUT2D eigenvalue weighted by Crippen LogP contribution is 2.32. The number of fused-ring (bicyclic) bond motifs is 1. The molecule has 2 aromatic rings. The van der Waals surface area contributed by atoms with Gasteiger partial charge in [-0.1, -0.05) is 37.6 Å². The molecule has 19 heavy (non-hydrogen) atoms. The Kier molecular flexibility index (Phi) is 4.12. The van der Waals surface area contributed by atoms with Crippen LogP contribution in [0.3, 0.4) is 0 Å². The topological polar surface area (TPSA) is 0 Å². The summed E-state index contributed by atoms with van der Waals surface area (Å²) in [5, 5.41) is 3.04. The van der Waals surface area contributed by atoms with Crippen molar-refractivity contribution < 1.29 is 0 Å². The second-order valence-corrected chi connectivity index (χ2v) is 7.72. The number of hydrogen-bond donors (Lipinski definition) is 0. The summed E-state index contributed by atoms with van der Waals surface area (Å²) in [7, 11) is 0.521. The van der Waals surface area contributed by atoms with E-state index in [4.69, 9.17) is 0 Å². The van der Waals surface area contributed by atoms with Crippen LogP contribution < -0.4 is 0 Å². The van der Waals surface area contributed by atoms with E-state index in [1.807, 2.05) is 0 Å². The fourth-order valence-electron chi connectivity index (χ4n) is 3.05. The normalized spacial score (nSPS) is 16.3. The molecule has 0 aromatic heterocycles. The van der Waals surface area contributed by atoms with Crippen LogP contribution >= 0.6 is 0 Å². The molecule has 0 saturated carbocycles. The lowest BCUT2D eigenvalue weighted by Gasteiger charge is -2.10. The van der Waals surface area contributed by atoms with Crippen LogP contribution in [0.5, 0.6) is 0 Å². The maximum atomic E-state index is 2.43. The van der Waals surface area contributed by atoms with Gasteiger partial charge in [-0.15, -0.1) is 0 Å². The Morgan fingerprint density at radius 2 is 1.68 bits per heavy atom. The standard InChI is InChI=1S/C18H23S/c1-2-3-8-15-11-12-18(19-13-6-7-14-19)17-10-5-4-9-16(15)17/h4-5,9-12H,2-3,6-8,13-14H2,1H3/q+1. The van der Waals surface area contributed by atoms with Crippen molar-refractivity contribution in [2.24, 2.45) is 0 Å². The van der Waals surface area contributed by atoms with Gasteiger partial charge in [0.15, 0.2) is 4.90 Å². The van der Waals surface area contributed by atoms with Gasteiger partial charge in [0.2, 0.25) is 0 Å². The van der Waals surface area contributed by atoms with E-state index in [1.54, 1.807) is 10.5 Å². The number of rotatable bonds is 4. The third-order valence-corrected chi connectivity index (χ3v) is 6.66. The number of aryl methyl sites for hydroxylation is 1. The summed E-state index contributed by atoms with van der Waals surface area (Å²) in [5.41, 5.74) is 1.55. The first-order valence-corrected chi connectivity index (χ1v) is 9.14. The van der Waals surface area contributed by atoms with E-state index < -0.39 is 0 Å². The molecule has 0 atom stereocenters. The lowest BCUT2D eigenvalue weighted by molar-refractivity contribution is 0.798. The van der Waals surface area contributed by atoms with E-state index in [9.17, 15) is 0 Å². The Bertz CT molecular complexity index is 553. The molecule has 0 unspecified atom stereocenters. The number of unbranched alkanes of at least 4 members (excludes halogenated alkanes) is 1. The van der Waals surface area contributed by atoms with Crippen molar-refractivity contribution in [3.8, 4) is 0 Å². The fourth-order valence-corrected chi connectivity index (χ4v) is 5.54. The van der Waals surface area contributed by atoms with Crippen molar-refractivity contribution in [1.82, 2.24) is 0 Å². The quantitative estimate of drug-likeness (QED) is 0.690. The summed E-state index contributed by atoms with van der Waals surface area (Å²) in [4.78, 5) is 1.63. The van der Waals surface area contributed by atoms with Gasteiger partial charge in [-0.05, 0) is 48.8 Å². The predicted octanol–water partition coefficient (Wildman–Crippen LogP) is 4.95. The maximum absolute atomic E-state index is 2.43. The first kappa shape index (κ1) is 13.1. The van der Waals surface area contributed by atoms with Crippen LogP contribution in [0.15, 0.2) is 41.3 Å². The number of hydrogen-bond acceptors (Lipinski definition) is 0. The Labute approximate surface area is 119 Å². The molecule has 100 valence electrons. The summed E-state index contributed by atoms with van der Waals surface area (Å²) in [5.74, 6) is 2.83. The van der Waals surface area contributed by atoms with Crippen molar-refractivity contribution in [3.63, 3.8) is 0 Å². The smallest absolute Gasteiger partial charge is 0.0654 e. The Hall–Kier alpha value is -0.950. The molecule has 1 fully saturated rings. The van der Waals surface area contributed by atoms with E-state index in [0.717, 1.165) is 0 Å². The number of benzene rings is 2. The van der Waals surface area contributed by atoms with Crippen molar-refractivity contribution in [3.05, 3.63) is 42.0 Å². The second-order valence-electron chi connectivity index (χ2n) is 5.48. The van der Waals surface area contributed by atoms with Crippen LogP contribution in [-0.4, -0.2) is 11.5 Å². The molecule has 1 aliphatic rings. The van der Waals surface area contributed by atoms with Gasteiger partial charge in [0.1, 0.15) is 11.5 Å². The van der Waals surface area contributed by atoms with Gasteiger partial charge in [-0.2, -0.15) is 0 Å². The highest BCUT2D eigenvalue weighted by atomic mass is 32.2. The molecule has 0 N–H and O–H groups in total. The minimum Gasteiger partial charge on any atom is -0.0654 e. The summed E-state index contributed by atoms with van der Waals surface area (Å²) in [6.45, 7) is 2.27. The summed E-state index contributed by atoms with van der Waals surface area (Å²) in [6, 6.07) is 13.9.